The number of nitrogens with zero attached hydrogens (tertiary/aromatic N) is 3. The van der Waals surface area contributed by atoms with Gasteiger partial charge in [-0.25, -0.2) is 9.97 Å². The Morgan fingerprint density at radius 3 is 2.73 bits per heavy atom. The zero-order valence-electron chi connectivity index (χ0n) is 16.7. The third-order valence-electron chi connectivity index (χ3n) is 5.29. The van der Waals surface area contributed by atoms with Crippen LogP contribution in [0.15, 0.2) is 60.9 Å². The summed E-state index contributed by atoms with van der Waals surface area (Å²) in [4.78, 5) is 23.8. The summed E-state index contributed by atoms with van der Waals surface area (Å²) in [5.41, 5.74) is 2.47. The van der Waals surface area contributed by atoms with Gasteiger partial charge in [-0.1, -0.05) is 23.7 Å². The molecule has 4 rings (SSSR count). The number of amides is 1. The molecule has 1 aromatic heterocycles. The molecule has 6 nitrogen and oxygen atoms in total. The second-order valence-corrected chi connectivity index (χ2v) is 7.65. The summed E-state index contributed by atoms with van der Waals surface area (Å²) in [6.07, 6.45) is 3.33. The lowest BCUT2D eigenvalue weighted by molar-refractivity contribution is -0.120. The highest BCUT2D eigenvalue weighted by Crippen LogP contribution is 2.27. The van der Waals surface area contributed by atoms with Crippen molar-refractivity contribution in [1.29, 1.82) is 0 Å². The average Bonchev–Trinajstić information content (AvgIpc) is 2.81. The van der Waals surface area contributed by atoms with Crippen molar-refractivity contribution in [3.8, 4) is 17.0 Å². The van der Waals surface area contributed by atoms with Crippen molar-refractivity contribution in [3.05, 3.63) is 65.9 Å². The molecule has 0 saturated carbocycles. The number of benzene rings is 2. The van der Waals surface area contributed by atoms with Crippen LogP contribution >= 0.6 is 11.6 Å². The fraction of sp³-hybridized carbons (Fsp3) is 0.261. The number of rotatable bonds is 5. The van der Waals surface area contributed by atoms with Gasteiger partial charge in [0, 0.05) is 24.7 Å². The number of para-hydroxylation sites is 1. The minimum absolute atomic E-state index is 0.0165. The number of carbonyl (C=O) groups excluding carboxylic acids is 1. The van der Waals surface area contributed by atoms with E-state index in [4.69, 9.17) is 16.3 Å². The van der Waals surface area contributed by atoms with Gasteiger partial charge in [-0.15, -0.1) is 0 Å². The summed E-state index contributed by atoms with van der Waals surface area (Å²) >= 11 is 6.18. The monoisotopic (exact) mass is 422 g/mol. The van der Waals surface area contributed by atoms with Gasteiger partial charge in [0.1, 0.15) is 17.9 Å². The number of hydrogen-bond acceptors (Lipinski definition) is 5. The van der Waals surface area contributed by atoms with Gasteiger partial charge in [0.15, 0.2) is 0 Å². The summed E-state index contributed by atoms with van der Waals surface area (Å²) in [6.45, 7) is 1.46. The van der Waals surface area contributed by atoms with Crippen molar-refractivity contribution >= 4 is 29.0 Å². The molecule has 1 unspecified atom stereocenters. The van der Waals surface area contributed by atoms with Gasteiger partial charge in [0.2, 0.25) is 5.91 Å². The highest BCUT2D eigenvalue weighted by atomic mass is 35.5. The average molecular weight is 423 g/mol. The number of nitrogens with one attached hydrogen (secondary N) is 1. The minimum Gasteiger partial charge on any atom is -0.497 e. The first-order chi connectivity index (χ1) is 14.6. The minimum atomic E-state index is -0.130. The van der Waals surface area contributed by atoms with E-state index in [-0.39, 0.29) is 11.8 Å². The Morgan fingerprint density at radius 1 is 1.17 bits per heavy atom. The van der Waals surface area contributed by atoms with E-state index < -0.39 is 0 Å². The normalized spacial score (nSPS) is 16.2. The molecule has 154 valence electrons. The molecule has 1 saturated heterocycles. The molecule has 3 aromatic rings. The maximum atomic E-state index is 12.8. The van der Waals surface area contributed by atoms with E-state index in [0.717, 1.165) is 42.2 Å². The molecule has 0 bridgehead atoms. The first-order valence-corrected chi connectivity index (χ1v) is 10.3. The van der Waals surface area contributed by atoms with E-state index in [1.165, 1.54) is 0 Å². The molecule has 7 heteroatoms. The number of methoxy groups -OCH3 is 1. The standard InChI is InChI=1S/C23H23ClN4O2/c1-30-18-10-8-16(9-11-18)21-13-22(26-15-25-21)28-12-4-5-17(14-28)23(29)27-20-7-3-2-6-19(20)24/h2-3,6-11,13,15,17H,4-5,12,14H2,1H3,(H,27,29). The topological polar surface area (TPSA) is 67.3 Å². The second-order valence-electron chi connectivity index (χ2n) is 7.24. The Kier molecular flexibility index (Phi) is 6.14. The van der Waals surface area contributed by atoms with Gasteiger partial charge in [-0.3, -0.25) is 4.79 Å². The summed E-state index contributed by atoms with van der Waals surface area (Å²) in [5.74, 6) is 1.48. The van der Waals surface area contributed by atoms with E-state index >= 15 is 0 Å². The molecule has 1 atom stereocenters. The van der Waals surface area contributed by atoms with Gasteiger partial charge < -0.3 is 15.0 Å². The third kappa shape index (κ3) is 4.54. The highest BCUT2D eigenvalue weighted by molar-refractivity contribution is 6.33. The summed E-state index contributed by atoms with van der Waals surface area (Å²) in [6, 6.07) is 17.0. The molecular weight excluding hydrogens is 400 g/mol. The molecule has 2 aromatic carbocycles. The molecular formula is C23H23ClN4O2. The van der Waals surface area contributed by atoms with E-state index in [1.807, 2.05) is 48.5 Å². The molecule has 1 aliphatic heterocycles. The number of ether oxygens (including phenoxy) is 1. The summed E-state index contributed by atoms with van der Waals surface area (Å²) in [7, 11) is 1.65. The Morgan fingerprint density at radius 2 is 1.97 bits per heavy atom. The predicted octanol–water partition coefficient (Wildman–Crippen LogP) is 4.66. The van der Waals surface area contributed by atoms with Gasteiger partial charge in [-0.05, 0) is 49.2 Å². The van der Waals surface area contributed by atoms with Crippen LogP contribution < -0.4 is 15.0 Å². The van der Waals surface area contributed by atoms with Gasteiger partial charge in [-0.2, -0.15) is 0 Å². The molecule has 1 N–H and O–H groups in total. The Balaban J connectivity index is 1.47. The number of aromatic nitrogens is 2. The summed E-state index contributed by atoms with van der Waals surface area (Å²) < 4.78 is 5.22. The van der Waals surface area contributed by atoms with Crippen LogP contribution in [0.5, 0.6) is 5.75 Å². The largest absolute Gasteiger partial charge is 0.497 e. The second kappa shape index (κ2) is 9.13. The van der Waals surface area contributed by atoms with Crippen molar-refractivity contribution in [2.45, 2.75) is 12.8 Å². The zero-order chi connectivity index (χ0) is 20.9. The molecule has 1 amide bonds. The van der Waals surface area contributed by atoms with Crippen LogP contribution in [0.4, 0.5) is 11.5 Å². The maximum Gasteiger partial charge on any atom is 0.229 e. The number of halogens is 1. The zero-order valence-corrected chi connectivity index (χ0v) is 17.5. The number of anilines is 2. The van der Waals surface area contributed by atoms with E-state index in [0.29, 0.717) is 17.3 Å². The predicted molar refractivity (Wildman–Crippen MR) is 119 cm³/mol. The van der Waals surface area contributed by atoms with Crippen LogP contribution in [0, 0.1) is 5.92 Å². The van der Waals surface area contributed by atoms with Crippen LogP contribution in [0.1, 0.15) is 12.8 Å². The Labute approximate surface area is 180 Å². The Bertz CT molecular complexity index is 1030. The molecule has 30 heavy (non-hydrogen) atoms. The van der Waals surface area contributed by atoms with Gasteiger partial charge >= 0.3 is 0 Å². The molecule has 1 aliphatic rings. The van der Waals surface area contributed by atoms with Gasteiger partial charge in [0.05, 0.1) is 29.4 Å². The molecule has 1 fully saturated rings. The number of carbonyl (C=O) groups is 1. The van der Waals surface area contributed by atoms with Gasteiger partial charge in [0.25, 0.3) is 0 Å². The molecule has 0 aliphatic carbocycles. The Hall–Kier alpha value is -3.12. The lowest BCUT2D eigenvalue weighted by Gasteiger charge is -2.33. The first kappa shape index (κ1) is 20.2. The van der Waals surface area contributed by atoms with E-state index in [2.05, 4.69) is 20.2 Å². The lowest BCUT2D eigenvalue weighted by Crippen LogP contribution is -2.41. The SMILES string of the molecule is COc1ccc(-c2cc(N3CCCC(C(=O)Nc4ccccc4Cl)C3)ncn2)cc1. The van der Waals surface area contributed by atoms with Crippen LogP contribution in [0.2, 0.25) is 5.02 Å². The van der Waals surface area contributed by atoms with Crippen LogP contribution in [-0.4, -0.2) is 36.1 Å². The fourth-order valence-electron chi connectivity index (χ4n) is 3.64. The van der Waals surface area contributed by atoms with Crippen LogP contribution in [0.3, 0.4) is 0 Å². The van der Waals surface area contributed by atoms with Crippen LogP contribution in [0.25, 0.3) is 11.3 Å². The number of hydrogen-bond donors (Lipinski definition) is 1. The van der Waals surface area contributed by atoms with Crippen molar-refractivity contribution in [2.24, 2.45) is 5.92 Å². The van der Waals surface area contributed by atoms with E-state index in [9.17, 15) is 4.79 Å². The van der Waals surface area contributed by atoms with Crippen molar-refractivity contribution in [1.82, 2.24) is 9.97 Å². The molecule has 0 radical (unpaired) electrons. The molecule has 2 heterocycles. The summed E-state index contributed by atoms with van der Waals surface area (Å²) in [5, 5.41) is 3.50. The maximum absolute atomic E-state index is 12.8. The first-order valence-electron chi connectivity index (χ1n) is 9.91. The van der Waals surface area contributed by atoms with Crippen LogP contribution in [-0.2, 0) is 4.79 Å². The van der Waals surface area contributed by atoms with Crippen molar-refractivity contribution < 1.29 is 9.53 Å². The molecule has 0 spiro atoms. The smallest absolute Gasteiger partial charge is 0.229 e. The quantitative estimate of drug-likeness (QED) is 0.647. The number of piperidine rings is 1. The lowest BCUT2D eigenvalue weighted by atomic mass is 9.97. The highest BCUT2D eigenvalue weighted by Gasteiger charge is 2.27. The van der Waals surface area contributed by atoms with E-state index in [1.54, 1.807) is 19.5 Å². The fourth-order valence-corrected chi connectivity index (χ4v) is 3.82. The third-order valence-corrected chi connectivity index (χ3v) is 5.62. The van der Waals surface area contributed by atoms with Crippen molar-refractivity contribution in [2.75, 3.05) is 30.4 Å². The van der Waals surface area contributed by atoms with Crippen molar-refractivity contribution in [3.63, 3.8) is 0 Å².